The summed E-state index contributed by atoms with van der Waals surface area (Å²) in [6, 6.07) is 9.76. The number of anilines is 1. The molecule has 116 valence electrons. The first-order valence-corrected chi connectivity index (χ1v) is 7.47. The first-order valence-electron chi connectivity index (χ1n) is 7.47. The molecular weight excluding hydrogens is 278 g/mol. The maximum absolute atomic E-state index is 11.8. The summed E-state index contributed by atoms with van der Waals surface area (Å²) in [7, 11) is 2.11. The van der Waals surface area contributed by atoms with Crippen molar-refractivity contribution in [2.24, 2.45) is 0 Å². The Balaban J connectivity index is 2.28. The average molecular weight is 299 g/mol. The minimum atomic E-state index is -0.571. The quantitative estimate of drug-likeness (QED) is 0.483. The molecule has 0 aliphatic carbocycles. The van der Waals surface area contributed by atoms with Crippen molar-refractivity contribution in [1.29, 1.82) is 5.26 Å². The monoisotopic (exact) mass is 299 g/mol. The number of hydrogen-bond donors (Lipinski definition) is 0. The molecule has 5 nitrogen and oxygen atoms in total. The van der Waals surface area contributed by atoms with Gasteiger partial charge in [-0.05, 0) is 31.7 Å². The number of esters is 1. The van der Waals surface area contributed by atoms with E-state index in [-0.39, 0.29) is 12.2 Å². The second kappa shape index (κ2) is 7.62. The summed E-state index contributed by atoms with van der Waals surface area (Å²) < 4.78 is 4.92. The highest BCUT2D eigenvalue weighted by molar-refractivity contribution is 5.98. The Labute approximate surface area is 131 Å². The number of piperazine rings is 1. The lowest BCUT2D eigenvalue weighted by atomic mass is 10.1. The molecule has 0 aromatic heterocycles. The lowest BCUT2D eigenvalue weighted by molar-refractivity contribution is -0.137. The summed E-state index contributed by atoms with van der Waals surface area (Å²) in [5, 5.41) is 9.18. The van der Waals surface area contributed by atoms with Crippen molar-refractivity contribution >= 4 is 17.7 Å². The van der Waals surface area contributed by atoms with Crippen molar-refractivity contribution in [3.8, 4) is 6.07 Å². The van der Waals surface area contributed by atoms with E-state index in [0.717, 1.165) is 37.4 Å². The van der Waals surface area contributed by atoms with Gasteiger partial charge >= 0.3 is 5.97 Å². The minimum absolute atomic E-state index is 0.0310. The Hall–Kier alpha value is -2.32. The van der Waals surface area contributed by atoms with E-state index in [0.29, 0.717) is 0 Å². The highest BCUT2D eigenvalue weighted by Gasteiger charge is 2.17. The molecule has 5 heteroatoms. The molecule has 0 N–H and O–H groups in total. The van der Waals surface area contributed by atoms with Crippen LogP contribution in [0.4, 0.5) is 5.69 Å². The van der Waals surface area contributed by atoms with Gasteiger partial charge in [-0.25, -0.2) is 4.79 Å². The van der Waals surface area contributed by atoms with Crippen molar-refractivity contribution in [3.05, 3.63) is 35.4 Å². The van der Waals surface area contributed by atoms with Gasteiger partial charge in [-0.2, -0.15) is 5.26 Å². The lowest BCUT2D eigenvalue weighted by Crippen LogP contribution is -2.44. The van der Waals surface area contributed by atoms with Crippen LogP contribution in [0.3, 0.4) is 0 Å². The number of hydrogen-bond acceptors (Lipinski definition) is 5. The average Bonchev–Trinajstić information content (AvgIpc) is 2.54. The third-order valence-electron chi connectivity index (χ3n) is 3.70. The first-order chi connectivity index (χ1) is 10.7. The number of carbonyl (C=O) groups excluding carboxylic acids is 1. The SMILES string of the molecule is CCOC(=O)/C(C#N)=C/c1ccccc1N1CCN(C)CC1. The van der Waals surface area contributed by atoms with E-state index >= 15 is 0 Å². The first kappa shape index (κ1) is 16.1. The van der Waals surface area contributed by atoms with Crippen LogP contribution in [0.15, 0.2) is 29.8 Å². The molecule has 1 fully saturated rings. The summed E-state index contributed by atoms with van der Waals surface area (Å²) in [6.45, 7) is 5.86. The van der Waals surface area contributed by atoms with Crippen molar-refractivity contribution < 1.29 is 9.53 Å². The van der Waals surface area contributed by atoms with Gasteiger partial charge < -0.3 is 14.5 Å². The molecule has 22 heavy (non-hydrogen) atoms. The summed E-state index contributed by atoms with van der Waals surface area (Å²) in [5.41, 5.74) is 1.95. The molecule has 0 radical (unpaired) electrons. The van der Waals surface area contributed by atoms with Gasteiger partial charge in [0.25, 0.3) is 0 Å². The van der Waals surface area contributed by atoms with Gasteiger partial charge in [0.15, 0.2) is 0 Å². The van der Waals surface area contributed by atoms with Crippen LogP contribution in [0.2, 0.25) is 0 Å². The largest absolute Gasteiger partial charge is 0.462 e. The maximum Gasteiger partial charge on any atom is 0.348 e. The van der Waals surface area contributed by atoms with Crippen LogP contribution in [0, 0.1) is 11.3 Å². The van der Waals surface area contributed by atoms with Crippen LogP contribution in [-0.2, 0) is 9.53 Å². The summed E-state index contributed by atoms with van der Waals surface area (Å²) >= 11 is 0. The lowest BCUT2D eigenvalue weighted by Gasteiger charge is -2.34. The smallest absolute Gasteiger partial charge is 0.348 e. The molecule has 0 saturated carbocycles. The van der Waals surface area contributed by atoms with Crippen LogP contribution in [0.5, 0.6) is 0 Å². The number of nitriles is 1. The molecule has 0 spiro atoms. The zero-order valence-corrected chi connectivity index (χ0v) is 13.1. The van der Waals surface area contributed by atoms with Gasteiger partial charge in [-0.15, -0.1) is 0 Å². The van der Waals surface area contributed by atoms with Gasteiger partial charge in [-0.3, -0.25) is 0 Å². The Bertz CT molecular complexity index is 596. The zero-order valence-electron chi connectivity index (χ0n) is 13.1. The van der Waals surface area contributed by atoms with E-state index in [1.807, 2.05) is 30.3 Å². The predicted molar refractivity (Wildman–Crippen MR) is 86.4 cm³/mol. The van der Waals surface area contributed by atoms with Crippen molar-refractivity contribution in [2.45, 2.75) is 6.92 Å². The molecular formula is C17H21N3O2. The maximum atomic E-state index is 11.8. The highest BCUT2D eigenvalue weighted by Crippen LogP contribution is 2.24. The van der Waals surface area contributed by atoms with E-state index in [2.05, 4.69) is 16.8 Å². The molecule has 1 heterocycles. The number of ether oxygens (including phenoxy) is 1. The minimum Gasteiger partial charge on any atom is -0.462 e. The standard InChI is InChI=1S/C17H21N3O2/c1-3-22-17(21)15(13-18)12-14-6-4-5-7-16(14)20-10-8-19(2)9-11-20/h4-7,12H,3,8-11H2,1-2H3/b15-12+. The zero-order chi connectivity index (χ0) is 15.9. The molecule has 0 amide bonds. The Kier molecular flexibility index (Phi) is 5.56. The third kappa shape index (κ3) is 3.86. The molecule has 2 rings (SSSR count). The van der Waals surface area contributed by atoms with Gasteiger partial charge in [0.05, 0.1) is 6.61 Å². The summed E-state index contributed by atoms with van der Waals surface area (Å²) in [5.74, 6) is -0.571. The Morgan fingerprint density at radius 3 is 2.64 bits per heavy atom. The number of rotatable bonds is 4. The van der Waals surface area contributed by atoms with Crippen LogP contribution in [-0.4, -0.2) is 50.7 Å². The number of likely N-dealkylation sites (N-methyl/N-ethyl adjacent to an activating group) is 1. The van der Waals surface area contributed by atoms with E-state index in [4.69, 9.17) is 4.74 Å². The Morgan fingerprint density at radius 2 is 2.00 bits per heavy atom. The molecule has 1 saturated heterocycles. The molecule has 1 aliphatic heterocycles. The normalized spacial score (nSPS) is 16.2. The fourth-order valence-corrected chi connectivity index (χ4v) is 2.45. The summed E-state index contributed by atoms with van der Waals surface area (Å²) in [4.78, 5) is 16.3. The summed E-state index contributed by atoms with van der Waals surface area (Å²) in [6.07, 6.45) is 1.62. The third-order valence-corrected chi connectivity index (χ3v) is 3.70. The van der Waals surface area contributed by atoms with Crippen LogP contribution >= 0.6 is 0 Å². The molecule has 0 bridgehead atoms. The topological polar surface area (TPSA) is 56.6 Å². The van der Waals surface area contributed by atoms with Crippen molar-refractivity contribution in [3.63, 3.8) is 0 Å². The second-order valence-corrected chi connectivity index (χ2v) is 5.24. The Morgan fingerprint density at radius 1 is 1.32 bits per heavy atom. The van der Waals surface area contributed by atoms with Crippen LogP contribution in [0.25, 0.3) is 6.08 Å². The van der Waals surface area contributed by atoms with Gasteiger partial charge in [0.2, 0.25) is 0 Å². The predicted octanol–water partition coefficient (Wildman–Crippen LogP) is 1.91. The highest BCUT2D eigenvalue weighted by atomic mass is 16.5. The molecule has 1 aromatic rings. The van der Waals surface area contributed by atoms with Gasteiger partial charge in [0, 0.05) is 31.9 Å². The number of nitrogens with zero attached hydrogens (tertiary/aromatic N) is 3. The fraction of sp³-hybridized carbons (Fsp3) is 0.412. The van der Waals surface area contributed by atoms with Crippen molar-refractivity contribution in [1.82, 2.24) is 4.90 Å². The van der Waals surface area contributed by atoms with Crippen LogP contribution < -0.4 is 4.90 Å². The fourth-order valence-electron chi connectivity index (χ4n) is 2.45. The molecule has 0 unspecified atom stereocenters. The van der Waals surface area contributed by atoms with Crippen LogP contribution in [0.1, 0.15) is 12.5 Å². The van der Waals surface area contributed by atoms with Gasteiger partial charge in [0.1, 0.15) is 11.6 Å². The molecule has 1 aromatic carbocycles. The number of carbonyl (C=O) groups is 1. The van der Waals surface area contributed by atoms with Gasteiger partial charge in [-0.1, -0.05) is 18.2 Å². The van der Waals surface area contributed by atoms with Crippen molar-refractivity contribution in [2.75, 3.05) is 44.7 Å². The van der Waals surface area contributed by atoms with E-state index < -0.39 is 5.97 Å². The number of para-hydroxylation sites is 1. The number of benzene rings is 1. The second-order valence-electron chi connectivity index (χ2n) is 5.24. The van der Waals surface area contributed by atoms with E-state index in [1.54, 1.807) is 13.0 Å². The molecule has 0 atom stereocenters. The van der Waals surface area contributed by atoms with E-state index in [1.165, 1.54) is 0 Å². The van der Waals surface area contributed by atoms with E-state index in [9.17, 15) is 10.1 Å². The molecule has 1 aliphatic rings.